The molecule has 266 valence electrons. The minimum atomic E-state index is 0.151. The van der Waals surface area contributed by atoms with E-state index in [0.29, 0.717) is 17.9 Å². The molecule has 1 aliphatic heterocycles. The van der Waals surface area contributed by atoms with Crippen molar-refractivity contribution in [1.29, 1.82) is 0 Å². The Bertz CT molecular complexity index is 966. The van der Waals surface area contributed by atoms with E-state index in [-0.39, 0.29) is 18.4 Å². The maximum atomic E-state index is 12.8. The molecule has 4 N–H and O–H groups in total. The third-order valence-corrected chi connectivity index (χ3v) is 9.37. The van der Waals surface area contributed by atoms with Crippen LogP contribution in [0, 0.1) is 18.8 Å². The molecule has 0 bridgehead atoms. The zero-order chi connectivity index (χ0) is 35.3. The Kier molecular flexibility index (Phi) is 29.8. The normalized spacial score (nSPS) is 14.1. The first-order chi connectivity index (χ1) is 22.1. The SMILES string of the molecule is C=C(C=O)CN1CCCC1.CC.CCCC(CCC(C)CC)C(CNC)NC(=O)CCc1nc(C)c(C=C(CC)CC)s1.NC=O. The summed E-state index contributed by atoms with van der Waals surface area (Å²) in [5.74, 6) is 1.44. The van der Waals surface area contributed by atoms with E-state index in [1.54, 1.807) is 11.3 Å². The van der Waals surface area contributed by atoms with E-state index in [4.69, 9.17) is 9.78 Å². The van der Waals surface area contributed by atoms with E-state index >= 15 is 0 Å². The minimum Gasteiger partial charge on any atom is -0.372 e. The number of aldehydes is 1. The highest BCUT2D eigenvalue weighted by molar-refractivity contribution is 7.12. The van der Waals surface area contributed by atoms with Crippen LogP contribution in [0.5, 0.6) is 0 Å². The predicted molar refractivity (Wildman–Crippen MR) is 199 cm³/mol. The van der Waals surface area contributed by atoms with Crippen LogP contribution in [-0.4, -0.2) is 67.8 Å². The Balaban J connectivity index is 0. The first-order valence-corrected chi connectivity index (χ1v) is 18.5. The van der Waals surface area contributed by atoms with E-state index in [9.17, 15) is 9.59 Å². The number of likely N-dealkylation sites (N-methyl/N-ethyl adjacent to an activating group) is 1. The van der Waals surface area contributed by atoms with E-state index in [0.717, 1.165) is 74.8 Å². The lowest BCUT2D eigenvalue weighted by atomic mass is 9.86. The molecular formula is C37H69N5O3S. The van der Waals surface area contributed by atoms with Crippen molar-refractivity contribution in [3.63, 3.8) is 0 Å². The number of carbonyl (C=O) groups is 3. The molecule has 1 fully saturated rings. The largest absolute Gasteiger partial charge is 0.372 e. The number of aryl methyl sites for hydroxylation is 2. The number of carbonyl (C=O) groups excluding carboxylic acids is 3. The van der Waals surface area contributed by atoms with Gasteiger partial charge in [-0.15, -0.1) is 11.3 Å². The lowest BCUT2D eigenvalue weighted by Crippen LogP contribution is -2.46. The maximum absolute atomic E-state index is 12.8. The molecule has 8 nitrogen and oxygen atoms in total. The summed E-state index contributed by atoms with van der Waals surface area (Å²) < 4.78 is 0. The van der Waals surface area contributed by atoms with E-state index < -0.39 is 0 Å². The van der Waals surface area contributed by atoms with Gasteiger partial charge in [0.05, 0.1) is 15.6 Å². The molecule has 2 rings (SSSR count). The number of likely N-dealkylation sites (tertiary alicyclic amines) is 1. The molecule has 0 spiro atoms. The topological polar surface area (TPSA) is 117 Å². The number of hydrogen-bond acceptors (Lipinski definition) is 7. The van der Waals surface area contributed by atoms with Gasteiger partial charge in [0.2, 0.25) is 12.3 Å². The zero-order valence-corrected chi connectivity index (χ0v) is 31.7. The fourth-order valence-corrected chi connectivity index (χ4v) is 6.35. The van der Waals surface area contributed by atoms with Gasteiger partial charge in [0.1, 0.15) is 6.29 Å². The molecule has 3 atom stereocenters. The van der Waals surface area contributed by atoms with Crippen LogP contribution in [0.3, 0.4) is 0 Å². The molecule has 1 aromatic rings. The molecule has 0 radical (unpaired) electrons. The van der Waals surface area contributed by atoms with Gasteiger partial charge >= 0.3 is 0 Å². The number of thiazole rings is 1. The van der Waals surface area contributed by atoms with Crippen molar-refractivity contribution in [3.8, 4) is 0 Å². The summed E-state index contributed by atoms with van der Waals surface area (Å²) in [5, 5.41) is 7.71. The van der Waals surface area contributed by atoms with Crippen molar-refractivity contribution in [1.82, 2.24) is 20.5 Å². The van der Waals surface area contributed by atoms with Gasteiger partial charge in [-0.05, 0) is 89.1 Å². The predicted octanol–water partition coefficient (Wildman–Crippen LogP) is 7.50. The zero-order valence-electron chi connectivity index (χ0n) is 30.9. The third kappa shape index (κ3) is 21.4. The lowest BCUT2D eigenvalue weighted by Gasteiger charge is -2.29. The average molecular weight is 664 g/mol. The average Bonchev–Trinajstić information content (AvgIpc) is 3.70. The quantitative estimate of drug-likeness (QED) is 0.104. The molecule has 2 amide bonds. The van der Waals surface area contributed by atoms with Crippen LogP contribution in [0.2, 0.25) is 0 Å². The van der Waals surface area contributed by atoms with Gasteiger partial charge in [0, 0.05) is 32.0 Å². The van der Waals surface area contributed by atoms with Gasteiger partial charge in [0.15, 0.2) is 0 Å². The highest BCUT2D eigenvalue weighted by Crippen LogP contribution is 2.25. The second-order valence-electron chi connectivity index (χ2n) is 11.8. The molecule has 0 aromatic carbocycles. The number of nitrogens with zero attached hydrogens (tertiary/aromatic N) is 2. The van der Waals surface area contributed by atoms with Crippen molar-refractivity contribution < 1.29 is 14.4 Å². The number of rotatable bonds is 19. The summed E-state index contributed by atoms with van der Waals surface area (Å²) in [5.41, 5.74) is 7.40. The Labute approximate surface area is 286 Å². The number of nitrogens with one attached hydrogen (secondary N) is 2. The van der Waals surface area contributed by atoms with Crippen LogP contribution in [0.4, 0.5) is 0 Å². The second-order valence-corrected chi connectivity index (χ2v) is 12.9. The number of allylic oxidation sites excluding steroid dienone is 1. The number of primary amides is 1. The van der Waals surface area contributed by atoms with Gasteiger partial charge in [-0.25, -0.2) is 4.98 Å². The van der Waals surface area contributed by atoms with Gasteiger partial charge in [-0.1, -0.05) is 79.9 Å². The van der Waals surface area contributed by atoms with Crippen LogP contribution in [-0.2, 0) is 20.8 Å². The molecule has 46 heavy (non-hydrogen) atoms. The van der Waals surface area contributed by atoms with Crippen molar-refractivity contribution in [3.05, 3.63) is 33.3 Å². The Hall–Kier alpha value is -2.36. The summed E-state index contributed by atoms with van der Waals surface area (Å²) in [7, 11) is 1.98. The van der Waals surface area contributed by atoms with E-state index in [1.165, 1.54) is 49.0 Å². The van der Waals surface area contributed by atoms with Crippen LogP contribution >= 0.6 is 11.3 Å². The monoisotopic (exact) mass is 664 g/mol. The fraction of sp³-hybridized carbons (Fsp3) is 0.730. The van der Waals surface area contributed by atoms with Gasteiger partial charge in [0.25, 0.3) is 0 Å². The molecule has 0 aliphatic carbocycles. The van der Waals surface area contributed by atoms with Crippen LogP contribution in [0.15, 0.2) is 17.7 Å². The van der Waals surface area contributed by atoms with Crippen LogP contribution in [0.25, 0.3) is 6.08 Å². The highest BCUT2D eigenvalue weighted by atomic mass is 32.1. The number of aromatic nitrogens is 1. The maximum Gasteiger partial charge on any atom is 0.220 e. The van der Waals surface area contributed by atoms with Gasteiger partial charge in [-0.3, -0.25) is 19.3 Å². The molecule has 1 saturated heterocycles. The smallest absolute Gasteiger partial charge is 0.220 e. The number of hydrogen-bond donors (Lipinski definition) is 3. The van der Waals surface area contributed by atoms with Crippen molar-refractivity contribution in [2.24, 2.45) is 17.6 Å². The number of amides is 2. The summed E-state index contributed by atoms with van der Waals surface area (Å²) >= 11 is 1.74. The van der Waals surface area contributed by atoms with Crippen molar-refractivity contribution in [2.75, 3.05) is 33.2 Å². The number of nitrogens with two attached hydrogens (primary N) is 1. The first-order valence-electron chi connectivity index (χ1n) is 17.7. The molecule has 1 aromatic heterocycles. The van der Waals surface area contributed by atoms with Gasteiger partial charge < -0.3 is 16.4 Å². The Morgan fingerprint density at radius 1 is 1.09 bits per heavy atom. The standard InChI is InChI=1S/C26H47N3OS.C8H13NO.C2H6.CH3NO/c1-8-12-22(14-13-19(5)9-2)23(18-27-7)29-25(30)15-16-26-28-20(6)24(31-26)17-21(10-3)11-4;1-8(7-10)6-9-4-2-3-5-9;1-2;2-1-3/h17,19,22-23,27H,8-16,18H2,1-7H3,(H,29,30);7H,1-6H2;1-2H3;1H,(H2,2,3). The van der Waals surface area contributed by atoms with Crippen molar-refractivity contribution >= 4 is 36.0 Å². The molecular weight excluding hydrogens is 595 g/mol. The Morgan fingerprint density at radius 3 is 2.20 bits per heavy atom. The first kappa shape index (κ1) is 45.8. The van der Waals surface area contributed by atoms with Crippen LogP contribution < -0.4 is 16.4 Å². The highest BCUT2D eigenvalue weighted by Gasteiger charge is 2.23. The van der Waals surface area contributed by atoms with Crippen molar-refractivity contribution in [2.45, 2.75) is 132 Å². The summed E-state index contributed by atoms with van der Waals surface area (Å²) in [4.78, 5) is 39.8. The molecule has 0 saturated carbocycles. The summed E-state index contributed by atoms with van der Waals surface area (Å²) in [6.07, 6.45) is 15.3. The van der Waals surface area contributed by atoms with E-state index in [2.05, 4.69) is 75.5 Å². The summed E-state index contributed by atoms with van der Waals surface area (Å²) in [6.45, 7) is 24.8. The molecule has 2 heterocycles. The molecule has 3 unspecified atom stereocenters. The fourth-order valence-electron chi connectivity index (χ4n) is 5.29. The minimum absolute atomic E-state index is 0.151. The van der Waals surface area contributed by atoms with Crippen LogP contribution in [0.1, 0.15) is 128 Å². The molecule has 1 aliphatic rings. The third-order valence-electron chi connectivity index (χ3n) is 8.20. The Morgan fingerprint density at radius 2 is 1.70 bits per heavy atom. The summed E-state index contributed by atoms with van der Waals surface area (Å²) in [6, 6.07) is 0.203. The van der Waals surface area contributed by atoms with E-state index in [1.807, 2.05) is 20.9 Å². The molecule has 9 heteroatoms. The van der Waals surface area contributed by atoms with Gasteiger partial charge in [-0.2, -0.15) is 0 Å². The second kappa shape index (κ2) is 30.0. The lowest BCUT2D eigenvalue weighted by molar-refractivity contribution is -0.122.